The number of anilines is 1. The molecule has 0 aliphatic heterocycles. The Balaban J connectivity index is 2.54. The van der Waals surface area contributed by atoms with Crippen LogP contribution in [0.15, 0.2) is 18.2 Å². The summed E-state index contributed by atoms with van der Waals surface area (Å²) in [5, 5.41) is 3.26. The topological polar surface area (TPSA) is 84.5 Å². The van der Waals surface area contributed by atoms with Crippen LogP contribution in [0, 0.1) is 0 Å². The Kier molecular flexibility index (Phi) is 4.38. The van der Waals surface area contributed by atoms with E-state index in [0.717, 1.165) is 4.70 Å². The molecule has 2 aromatic rings. The van der Waals surface area contributed by atoms with Crippen molar-refractivity contribution in [1.82, 2.24) is 5.32 Å². The number of carbonyl (C=O) groups excluding carboxylic acids is 1. The highest BCUT2D eigenvalue weighted by Gasteiger charge is 2.19. The first-order valence-corrected chi connectivity index (χ1v) is 8.71. The van der Waals surface area contributed by atoms with Gasteiger partial charge in [-0.2, -0.15) is 0 Å². The first kappa shape index (κ1) is 15.6. The summed E-state index contributed by atoms with van der Waals surface area (Å²) in [6, 6.07) is 5.10. The smallest absolute Gasteiger partial charge is 0.264 e. The predicted octanol–water partition coefficient (Wildman–Crippen LogP) is 2.03. The van der Waals surface area contributed by atoms with Gasteiger partial charge in [-0.1, -0.05) is 0 Å². The molecule has 2 N–H and O–H groups in total. The molecule has 0 saturated heterocycles. The molecule has 0 saturated carbocycles. The minimum atomic E-state index is -3.34. The summed E-state index contributed by atoms with van der Waals surface area (Å²) >= 11 is 1.30. The van der Waals surface area contributed by atoms with Crippen molar-refractivity contribution in [2.75, 3.05) is 24.6 Å². The Labute approximate surface area is 127 Å². The van der Waals surface area contributed by atoms with Gasteiger partial charge in [-0.05, 0) is 25.1 Å². The van der Waals surface area contributed by atoms with E-state index in [-0.39, 0.29) is 11.7 Å². The van der Waals surface area contributed by atoms with E-state index in [1.165, 1.54) is 18.4 Å². The fraction of sp³-hybridized carbons (Fsp3) is 0.308. The number of amides is 1. The largest absolute Gasteiger partial charge is 0.494 e. The number of sulfonamides is 1. The van der Waals surface area contributed by atoms with E-state index in [0.29, 0.717) is 21.7 Å². The number of methoxy groups -OCH3 is 1. The van der Waals surface area contributed by atoms with Crippen LogP contribution in [0.1, 0.15) is 16.6 Å². The molecule has 6 nitrogen and oxygen atoms in total. The van der Waals surface area contributed by atoms with Crippen molar-refractivity contribution >= 4 is 43.0 Å². The summed E-state index contributed by atoms with van der Waals surface area (Å²) in [4.78, 5) is 12.3. The maximum atomic E-state index is 11.8. The summed E-state index contributed by atoms with van der Waals surface area (Å²) in [5.74, 6) is 0.214. The maximum Gasteiger partial charge on any atom is 0.264 e. The second kappa shape index (κ2) is 5.90. The van der Waals surface area contributed by atoms with E-state index in [4.69, 9.17) is 4.74 Å². The Bertz CT molecular complexity index is 781. The minimum absolute atomic E-state index is 0.00466. The van der Waals surface area contributed by atoms with Crippen LogP contribution in [0.25, 0.3) is 10.1 Å². The van der Waals surface area contributed by atoms with Gasteiger partial charge < -0.3 is 10.1 Å². The van der Waals surface area contributed by atoms with Crippen LogP contribution in [0.5, 0.6) is 5.75 Å². The molecule has 8 heteroatoms. The molecule has 21 heavy (non-hydrogen) atoms. The molecule has 2 rings (SSSR count). The van der Waals surface area contributed by atoms with Gasteiger partial charge in [0.15, 0.2) is 0 Å². The third-order valence-corrected chi connectivity index (χ3v) is 5.39. The number of nitrogens with one attached hydrogen (secondary N) is 2. The van der Waals surface area contributed by atoms with Crippen LogP contribution in [0.4, 0.5) is 5.69 Å². The van der Waals surface area contributed by atoms with Gasteiger partial charge in [0, 0.05) is 22.8 Å². The lowest BCUT2D eigenvalue weighted by Crippen LogP contribution is -2.16. The summed E-state index contributed by atoms with van der Waals surface area (Å²) in [7, 11) is -0.310. The average molecular weight is 328 g/mol. The molecule has 0 fully saturated rings. The van der Waals surface area contributed by atoms with Gasteiger partial charge in [0.2, 0.25) is 10.0 Å². The molecule has 0 unspecified atom stereocenters. The molecular formula is C13H16N2O4S2. The van der Waals surface area contributed by atoms with Crippen LogP contribution >= 0.6 is 11.3 Å². The third kappa shape index (κ3) is 3.11. The van der Waals surface area contributed by atoms with Crippen LogP contribution in [-0.2, 0) is 10.0 Å². The number of ether oxygens (including phenoxy) is 1. The molecular weight excluding hydrogens is 312 g/mol. The molecule has 0 aliphatic rings. The summed E-state index contributed by atoms with van der Waals surface area (Å²) < 4.78 is 31.9. The molecule has 1 aromatic heterocycles. The molecule has 0 aliphatic carbocycles. The number of hydrogen-bond donors (Lipinski definition) is 2. The van der Waals surface area contributed by atoms with Crippen molar-refractivity contribution in [3.8, 4) is 5.75 Å². The van der Waals surface area contributed by atoms with Crippen molar-refractivity contribution < 1.29 is 17.9 Å². The first-order chi connectivity index (χ1) is 9.91. The van der Waals surface area contributed by atoms with Gasteiger partial charge in [0.25, 0.3) is 5.91 Å². The lowest BCUT2D eigenvalue weighted by atomic mass is 10.2. The normalized spacial score (nSPS) is 11.4. The average Bonchev–Trinajstić information content (AvgIpc) is 2.83. The fourth-order valence-corrected chi connectivity index (χ4v) is 3.58. The van der Waals surface area contributed by atoms with Crippen molar-refractivity contribution in [1.29, 1.82) is 0 Å². The van der Waals surface area contributed by atoms with E-state index >= 15 is 0 Å². The van der Waals surface area contributed by atoms with E-state index < -0.39 is 10.0 Å². The first-order valence-electron chi connectivity index (χ1n) is 6.25. The summed E-state index contributed by atoms with van der Waals surface area (Å²) in [6.45, 7) is 1.57. The van der Waals surface area contributed by atoms with Gasteiger partial charge in [-0.3, -0.25) is 9.52 Å². The predicted molar refractivity (Wildman–Crippen MR) is 84.9 cm³/mol. The second-order valence-corrected chi connectivity index (χ2v) is 7.32. The highest BCUT2D eigenvalue weighted by atomic mass is 32.2. The number of hydrogen-bond acceptors (Lipinski definition) is 5. The molecule has 0 spiro atoms. The molecule has 0 bridgehead atoms. The molecule has 0 atom stereocenters. The number of carbonyl (C=O) groups is 1. The van der Waals surface area contributed by atoms with Crippen molar-refractivity contribution in [2.45, 2.75) is 6.92 Å². The molecule has 1 heterocycles. The van der Waals surface area contributed by atoms with Crippen molar-refractivity contribution in [3.63, 3.8) is 0 Å². The molecule has 114 valence electrons. The van der Waals surface area contributed by atoms with Gasteiger partial charge >= 0.3 is 0 Å². The lowest BCUT2D eigenvalue weighted by Gasteiger charge is -2.06. The van der Waals surface area contributed by atoms with E-state index in [1.54, 1.807) is 32.2 Å². The van der Waals surface area contributed by atoms with E-state index in [2.05, 4.69) is 10.0 Å². The van der Waals surface area contributed by atoms with Gasteiger partial charge in [-0.25, -0.2) is 8.42 Å². The van der Waals surface area contributed by atoms with Gasteiger partial charge in [0.1, 0.15) is 10.6 Å². The Morgan fingerprint density at radius 1 is 1.38 bits per heavy atom. The van der Waals surface area contributed by atoms with Crippen molar-refractivity contribution in [2.24, 2.45) is 0 Å². The van der Waals surface area contributed by atoms with Crippen LogP contribution < -0.4 is 14.8 Å². The zero-order valence-corrected chi connectivity index (χ0v) is 13.5. The van der Waals surface area contributed by atoms with Gasteiger partial charge in [-0.15, -0.1) is 11.3 Å². The number of fused-ring (bicyclic) bond motifs is 1. The van der Waals surface area contributed by atoms with E-state index in [1.807, 2.05) is 0 Å². The van der Waals surface area contributed by atoms with Gasteiger partial charge in [0.05, 0.1) is 12.9 Å². The Morgan fingerprint density at radius 3 is 2.67 bits per heavy atom. The zero-order valence-electron chi connectivity index (χ0n) is 11.9. The van der Waals surface area contributed by atoms with Crippen LogP contribution in [-0.4, -0.2) is 34.2 Å². The third-order valence-electron chi connectivity index (χ3n) is 2.93. The number of rotatable bonds is 5. The number of thiophene rings is 1. The van der Waals surface area contributed by atoms with Crippen LogP contribution in [0.2, 0.25) is 0 Å². The number of benzene rings is 1. The highest BCUT2D eigenvalue weighted by Crippen LogP contribution is 2.39. The van der Waals surface area contributed by atoms with Crippen molar-refractivity contribution in [3.05, 3.63) is 23.1 Å². The molecule has 1 amide bonds. The molecule has 1 aromatic carbocycles. The Morgan fingerprint density at radius 2 is 2.10 bits per heavy atom. The van der Waals surface area contributed by atoms with E-state index in [9.17, 15) is 13.2 Å². The fourth-order valence-electron chi connectivity index (χ4n) is 1.86. The second-order valence-electron chi connectivity index (χ2n) is 4.26. The summed E-state index contributed by atoms with van der Waals surface area (Å²) in [5.41, 5.74) is 0.448. The van der Waals surface area contributed by atoms with Crippen LogP contribution in [0.3, 0.4) is 0 Å². The SMILES string of the molecule is CCS(=O)(=O)Nc1ccc2sc(C(=O)NC)c(OC)c2c1. The maximum absolute atomic E-state index is 11.8. The quantitative estimate of drug-likeness (QED) is 0.879. The monoisotopic (exact) mass is 328 g/mol. The Hall–Kier alpha value is -1.80. The zero-order chi connectivity index (χ0) is 15.6. The minimum Gasteiger partial charge on any atom is -0.494 e. The standard InChI is InChI=1S/C13H16N2O4S2/c1-4-21(17,18)15-8-5-6-10-9(7-8)11(19-3)12(20-10)13(16)14-2/h5-7,15H,4H2,1-3H3,(H,14,16). The molecule has 0 radical (unpaired) electrons. The highest BCUT2D eigenvalue weighted by molar-refractivity contribution is 7.92. The summed E-state index contributed by atoms with van der Waals surface area (Å²) in [6.07, 6.45) is 0. The lowest BCUT2D eigenvalue weighted by molar-refractivity contribution is 0.0964.